The largest absolute Gasteiger partial charge is 0.443 e. The average Bonchev–Trinajstić information content (AvgIpc) is 2.80. The number of carbonyl (C=O) groups excluding carboxylic acids is 1. The molecule has 1 atom stereocenters. The number of anilines is 1. The van der Waals surface area contributed by atoms with E-state index in [1.807, 2.05) is 32.9 Å². The molecule has 20 heavy (non-hydrogen) atoms. The van der Waals surface area contributed by atoms with Crippen molar-refractivity contribution in [3.05, 3.63) is 29.3 Å². The molecule has 1 amide bonds. The highest BCUT2D eigenvalue weighted by Gasteiger charge is 2.31. The Balaban J connectivity index is 2.27. The van der Waals surface area contributed by atoms with E-state index in [0.717, 1.165) is 25.2 Å². The first-order valence-corrected chi connectivity index (χ1v) is 7.23. The number of benzene rings is 1. The van der Waals surface area contributed by atoms with E-state index < -0.39 is 5.60 Å². The van der Waals surface area contributed by atoms with Crippen LogP contribution in [0.3, 0.4) is 0 Å². The van der Waals surface area contributed by atoms with Gasteiger partial charge in [0.25, 0.3) is 0 Å². The molecule has 1 aromatic rings. The lowest BCUT2D eigenvalue weighted by molar-refractivity contribution is 0.0568. The van der Waals surface area contributed by atoms with Gasteiger partial charge < -0.3 is 10.1 Å². The molecule has 4 nitrogen and oxygen atoms in total. The van der Waals surface area contributed by atoms with E-state index in [2.05, 4.69) is 5.32 Å². The summed E-state index contributed by atoms with van der Waals surface area (Å²) in [6.07, 6.45) is 0.583. The highest BCUT2D eigenvalue weighted by atomic mass is 35.5. The van der Waals surface area contributed by atoms with Gasteiger partial charge in [0, 0.05) is 17.3 Å². The summed E-state index contributed by atoms with van der Waals surface area (Å²) in [5.41, 5.74) is 0.264. The molecule has 0 radical (unpaired) electrons. The fourth-order valence-electron chi connectivity index (χ4n) is 2.26. The summed E-state index contributed by atoms with van der Waals surface area (Å²) in [7, 11) is 0. The van der Waals surface area contributed by atoms with Gasteiger partial charge in [0.05, 0.1) is 6.04 Å². The minimum atomic E-state index is -0.514. The molecule has 1 heterocycles. The molecule has 0 saturated carbocycles. The molecule has 0 bridgehead atoms. The van der Waals surface area contributed by atoms with Crippen molar-refractivity contribution in [2.24, 2.45) is 0 Å². The minimum absolute atomic E-state index is 0.100. The maximum Gasteiger partial charge on any atom is 0.415 e. The summed E-state index contributed by atoms with van der Waals surface area (Å²) >= 11 is 6.04. The summed E-state index contributed by atoms with van der Waals surface area (Å²) in [5.74, 6) is 0. The van der Waals surface area contributed by atoms with Crippen molar-refractivity contribution < 1.29 is 9.53 Å². The maximum absolute atomic E-state index is 12.5. The van der Waals surface area contributed by atoms with Crippen molar-refractivity contribution >= 4 is 23.4 Å². The van der Waals surface area contributed by atoms with E-state index in [0.29, 0.717) is 5.02 Å². The van der Waals surface area contributed by atoms with Crippen LogP contribution in [0, 0.1) is 0 Å². The van der Waals surface area contributed by atoms with E-state index in [9.17, 15) is 4.79 Å². The first-order chi connectivity index (χ1) is 9.37. The standard InChI is InChI=1S/C15H21ClN2O2/c1-15(2,3)20-14(19)18(13-7-8-17-10-13)12-6-4-5-11(16)9-12/h4-6,9,13,17H,7-8,10H2,1-3H3. The first kappa shape index (κ1) is 15.1. The number of amides is 1. The molecule has 1 N–H and O–H groups in total. The summed E-state index contributed by atoms with van der Waals surface area (Å²) < 4.78 is 5.52. The normalized spacial score (nSPS) is 18.9. The molecule has 0 aliphatic carbocycles. The SMILES string of the molecule is CC(C)(C)OC(=O)N(c1cccc(Cl)c1)C1CCNC1. The molecule has 110 valence electrons. The lowest BCUT2D eigenvalue weighted by Gasteiger charge is -2.31. The van der Waals surface area contributed by atoms with Crippen molar-refractivity contribution in [1.29, 1.82) is 0 Å². The Morgan fingerprint density at radius 3 is 2.75 bits per heavy atom. The van der Waals surface area contributed by atoms with Gasteiger partial charge in [-0.1, -0.05) is 17.7 Å². The van der Waals surface area contributed by atoms with Gasteiger partial charge in [0.2, 0.25) is 0 Å². The molecule has 1 aromatic carbocycles. The molecule has 1 aliphatic rings. The van der Waals surface area contributed by atoms with Crippen LogP contribution in [-0.4, -0.2) is 30.8 Å². The van der Waals surface area contributed by atoms with Crippen LogP contribution in [-0.2, 0) is 4.74 Å². The predicted molar refractivity (Wildman–Crippen MR) is 81.4 cm³/mol. The van der Waals surface area contributed by atoms with Gasteiger partial charge in [0.15, 0.2) is 0 Å². The fourth-order valence-corrected chi connectivity index (χ4v) is 2.45. The molecule has 1 aliphatic heterocycles. The summed E-state index contributed by atoms with van der Waals surface area (Å²) in [5, 5.41) is 3.89. The van der Waals surface area contributed by atoms with E-state index in [1.54, 1.807) is 17.0 Å². The third-order valence-electron chi connectivity index (χ3n) is 3.08. The lowest BCUT2D eigenvalue weighted by atomic mass is 10.2. The Hall–Kier alpha value is -1.26. The summed E-state index contributed by atoms with van der Waals surface area (Å²) in [4.78, 5) is 14.2. The molecule has 1 saturated heterocycles. The van der Waals surface area contributed by atoms with Gasteiger partial charge in [-0.15, -0.1) is 0 Å². The Morgan fingerprint density at radius 2 is 2.20 bits per heavy atom. The fraction of sp³-hybridized carbons (Fsp3) is 0.533. The molecule has 0 aromatic heterocycles. The van der Waals surface area contributed by atoms with E-state index in [4.69, 9.17) is 16.3 Å². The lowest BCUT2D eigenvalue weighted by Crippen LogP contribution is -2.44. The van der Waals surface area contributed by atoms with Crippen LogP contribution >= 0.6 is 11.6 Å². The average molecular weight is 297 g/mol. The van der Waals surface area contributed by atoms with E-state index in [1.165, 1.54) is 0 Å². The van der Waals surface area contributed by atoms with Gasteiger partial charge in [-0.05, 0) is 51.9 Å². The number of hydrogen-bond donors (Lipinski definition) is 1. The molecule has 0 spiro atoms. The van der Waals surface area contributed by atoms with Crippen molar-refractivity contribution in [2.45, 2.75) is 38.8 Å². The highest BCUT2D eigenvalue weighted by molar-refractivity contribution is 6.30. The van der Waals surface area contributed by atoms with Gasteiger partial charge in [-0.3, -0.25) is 4.90 Å². The summed E-state index contributed by atoms with van der Waals surface area (Å²) in [6.45, 7) is 7.28. The Bertz CT molecular complexity index is 479. The Kier molecular flexibility index (Phi) is 4.55. The molecule has 1 unspecified atom stereocenters. The van der Waals surface area contributed by atoms with Gasteiger partial charge in [0.1, 0.15) is 5.60 Å². The second kappa shape index (κ2) is 6.02. The van der Waals surface area contributed by atoms with Crippen LogP contribution in [0.2, 0.25) is 5.02 Å². The molecular weight excluding hydrogens is 276 g/mol. The second-order valence-corrected chi connectivity index (χ2v) is 6.41. The first-order valence-electron chi connectivity index (χ1n) is 6.85. The van der Waals surface area contributed by atoms with Crippen LogP contribution in [0.25, 0.3) is 0 Å². The van der Waals surface area contributed by atoms with Crippen LogP contribution in [0.4, 0.5) is 10.5 Å². The summed E-state index contributed by atoms with van der Waals surface area (Å²) in [6, 6.07) is 7.42. The van der Waals surface area contributed by atoms with Crippen LogP contribution in [0.5, 0.6) is 0 Å². The van der Waals surface area contributed by atoms with E-state index in [-0.39, 0.29) is 12.1 Å². The van der Waals surface area contributed by atoms with Crippen LogP contribution in [0.15, 0.2) is 24.3 Å². The van der Waals surface area contributed by atoms with Crippen molar-refractivity contribution in [1.82, 2.24) is 5.32 Å². The number of rotatable bonds is 2. The number of nitrogens with one attached hydrogen (secondary N) is 1. The third-order valence-corrected chi connectivity index (χ3v) is 3.31. The van der Waals surface area contributed by atoms with Crippen molar-refractivity contribution in [3.8, 4) is 0 Å². The Morgan fingerprint density at radius 1 is 1.45 bits per heavy atom. The second-order valence-electron chi connectivity index (χ2n) is 5.98. The smallest absolute Gasteiger partial charge is 0.415 e. The zero-order valence-electron chi connectivity index (χ0n) is 12.1. The van der Waals surface area contributed by atoms with Crippen molar-refractivity contribution in [2.75, 3.05) is 18.0 Å². The zero-order chi connectivity index (χ0) is 14.8. The Labute approximate surface area is 125 Å². The van der Waals surface area contributed by atoms with Crippen LogP contribution < -0.4 is 10.2 Å². The zero-order valence-corrected chi connectivity index (χ0v) is 12.9. The number of ether oxygens (including phenoxy) is 1. The monoisotopic (exact) mass is 296 g/mol. The maximum atomic E-state index is 12.5. The highest BCUT2D eigenvalue weighted by Crippen LogP contribution is 2.25. The number of halogens is 1. The van der Waals surface area contributed by atoms with Gasteiger partial charge in [-0.2, -0.15) is 0 Å². The van der Waals surface area contributed by atoms with Crippen LogP contribution in [0.1, 0.15) is 27.2 Å². The number of carbonyl (C=O) groups is 1. The van der Waals surface area contributed by atoms with Gasteiger partial charge in [-0.25, -0.2) is 4.79 Å². The topological polar surface area (TPSA) is 41.6 Å². The molecule has 5 heteroatoms. The minimum Gasteiger partial charge on any atom is -0.443 e. The molecule has 2 rings (SSSR count). The third kappa shape index (κ3) is 3.87. The predicted octanol–water partition coefficient (Wildman–Crippen LogP) is 3.44. The molecular formula is C15H21ClN2O2. The van der Waals surface area contributed by atoms with Crippen molar-refractivity contribution in [3.63, 3.8) is 0 Å². The molecule has 1 fully saturated rings. The number of hydrogen-bond acceptors (Lipinski definition) is 3. The van der Waals surface area contributed by atoms with E-state index >= 15 is 0 Å². The quantitative estimate of drug-likeness (QED) is 0.909. The van der Waals surface area contributed by atoms with Gasteiger partial charge >= 0.3 is 6.09 Å². The number of nitrogens with zero attached hydrogens (tertiary/aromatic N) is 1.